The topological polar surface area (TPSA) is 3.24 Å². The molecule has 3 aliphatic rings. The minimum atomic E-state index is -0.0956. The molecule has 0 N–H and O–H groups in total. The molecule has 0 radical (unpaired) electrons. The maximum absolute atomic E-state index is 2.51. The molecule has 0 saturated carbocycles. The summed E-state index contributed by atoms with van der Waals surface area (Å²) < 4.78 is 0. The lowest BCUT2D eigenvalue weighted by atomic mass is 9.80. The van der Waals surface area contributed by atoms with Gasteiger partial charge in [0.2, 0.25) is 0 Å². The molecule has 0 aromatic heterocycles. The molecule has 0 bridgehead atoms. The van der Waals surface area contributed by atoms with Gasteiger partial charge in [-0.15, -0.1) is 0 Å². The molecule has 10 rings (SSSR count). The van der Waals surface area contributed by atoms with Gasteiger partial charge in [0.05, 0.1) is 0 Å². The molecular formula is C49H41N. The van der Waals surface area contributed by atoms with Gasteiger partial charge in [0.15, 0.2) is 0 Å². The largest absolute Gasteiger partial charge is 0.310 e. The Morgan fingerprint density at radius 3 is 1.26 bits per heavy atom. The lowest BCUT2D eigenvalue weighted by molar-refractivity contribution is 0.660. The van der Waals surface area contributed by atoms with Crippen LogP contribution in [0.5, 0.6) is 0 Å². The van der Waals surface area contributed by atoms with Crippen LogP contribution in [-0.4, -0.2) is 0 Å². The summed E-state index contributed by atoms with van der Waals surface area (Å²) in [5.41, 5.74) is 19.8. The molecule has 0 fully saturated rings. The highest BCUT2D eigenvalue weighted by Gasteiger charge is 2.39. The molecular weight excluding hydrogens is 603 g/mol. The summed E-state index contributed by atoms with van der Waals surface area (Å²) in [5.74, 6) is 0. The lowest BCUT2D eigenvalue weighted by Gasteiger charge is -2.30. The highest BCUT2D eigenvalue weighted by Crippen LogP contribution is 2.55. The van der Waals surface area contributed by atoms with E-state index in [1.54, 1.807) is 0 Å². The summed E-state index contributed by atoms with van der Waals surface area (Å²) in [4.78, 5) is 2.51. The van der Waals surface area contributed by atoms with E-state index in [4.69, 9.17) is 0 Å². The summed E-state index contributed by atoms with van der Waals surface area (Å²) >= 11 is 0. The molecule has 1 nitrogen and oxygen atoms in total. The molecule has 0 saturated heterocycles. The van der Waals surface area contributed by atoms with Crippen molar-refractivity contribution < 1.29 is 0 Å². The van der Waals surface area contributed by atoms with Crippen LogP contribution in [-0.2, 0) is 16.2 Å². The van der Waals surface area contributed by atoms with Crippen molar-refractivity contribution in [1.29, 1.82) is 0 Å². The molecule has 0 heterocycles. The van der Waals surface area contributed by atoms with E-state index in [0.29, 0.717) is 0 Å². The molecule has 0 aliphatic heterocycles. The first-order valence-corrected chi connectivity index (χ1v) is 18.0. The maximum Gasteiger partial charge on any atom is 0.0468 e. The van der Waals surface area contributed by atoms with Crippen molar-refractivity contribution in [2.24, 2.45) is 0 Å². The average molecular weight is 644 g/mol. The van der Waals surface area contributed by atoms with Crippen LogP contribution in [0.15, 0.2) is 140 Å². The van der Waals surface area contributed by atoms with E-state index in [2.05, 4.69) is 186 Å². The molecule has 242 valence electrons. The Morgan fingerprint density at radius 2 is 0.720 bits per heavy atom. The first-order chi connectivity index (χ1) is 24.1. The van der Waals surface area contributed by atoms with Gasteiger partial charge in [-0.25, -0.2) is 0 Å². The normalized spacial score (nSPS) is 16.3. The zero-order valence-corrected chi connectivity index (χ0v) is 29.7. The number of fused-ring (bicyclic) bond motifs is 11. The SMILES string of the molecule is CC1(C)c2ccccc2-c2ccc(N(c3ccc4c(c3)C(C)(C)c3ccccc3-4)c3ccc4ccc5c(c4c3)C(C)(C)c3ccccc3-5)cc21. The number of benzene rings is 7. The Bertz CT molecular complexity index is 2470. The van der Waals surface area contributed by atoms with Crippen LogP contribution in [0.1, 0.15) is 74.9 Å². The molecule has 7 aromatic carbocycles. The van der Waals surface area contributed by atoms with Crippen molar-refractivity contribution in [1.82, 2.24) is 0 Å². The Labute approximate surface area is 295 Å². The van der Waals surface area contributed by atoms with Gasteiger partial charge >= 0.3 is 0 Å². The van der Waals surface area contributed by atoms with E-state index >= 15 is 0 Å². The van der Waals surface area contributed by atoms with Crippen molar-refractivity contribution in [2.45, 2.75) is 57.8 Å². The van der Waals surface area contributed by atoms with Gasteiger partial charge in [0.1, 0.15) is 0 Å². The minimum Gasteiger partial charge on any atom is -0.310 e. The molecule has 0 unspecified atom stereocenters. The van der Waals surface area contributed by atoms with Crippen LogP contribution in [0.25, 0.3) is 44.2 Å². The van der Waals surface area contributed by atoms with Crippen molar-refractivity contribution in [3.05, 3.63) is 173 Å². The Balaban J connectivity index is 1.21. The Kier molecular flexibility index (Phi) is 5.82. The maximum atomic E-state index is 2.51. The van der Waals surface area contributed by atoms with Gasteiger partial charge in [0, 0.05) is 33.3 Å². The zero-order chi connectivity index (χ0) is 34.2. The lowest BCUT2D eigenvalue weighted by Crippen LogP contribution is -2.18. The summed E-state index contributed by atoms with van der Waals surface area (Å²) in [6, 6.07) is 52.9. The predicted molar refractivity (Wildman–Crippen MR) is 211 cm³/mol. The third-order valence-corrected chi connectivity index (χ3v) is 12.4. The van der Waals surface area contributed by atoms with Gasteiger partial charge in [-0.3, -0.25) is 0 Å². The molecule has 3 aliphatic carbocycles. The number of nitrogens with zero attached hydrogens (tertiary/aromatic N) is 1. The number of hydrogen-bond acceptors (Lipinski definition) is 1. The molecule has 50 heavy (non-hydrogen) atoms. The summed E-state index contributed by atoms with van der Waals surface area (Å²) in [5, 5.41) is 2.61. The van der Waals surface area contributed by atoms with E-state index in [1.165, 1.54) is 94.6 Å². The predicted octanol–water partition coefficient (Wildman–Crippen LogP) is 13.2. The molecule has 0 spiro atoms. The monoisotopic (exact) mass is 643 g/mol. The smallest absolute Gasteiger partial charge is 0.0468 e. The van der Waals surface area contributed by atoms with Crippen molar-refractivity contribution in [2.75, 3.05) is 4.90 Å². The van der Waals surface area contributed by atoms with E-state index in [1.807, 2.05) is 0 Å². The van der Waals surface area contributed by atoms with E-state index in [0.717, 1.165) is 0 Å². The quantitative estimate of drug-likeness (QED) is 0.185. The van der Waals surface area contributed by atoms with Gasteiger partial charge in [-0.1, -0.05) is 145 Å². The fourth-order valence-electron chi connectivity index (χ4n) is 9.85. The van der Waals surface area contributed by atoms with Crippen LogP contribution < -0.4 is 4.90 Å². The van der Waals surface area contributed by atoms with Crippen LogP contribution >= 0.6 is 0 Å². The summed E-state index contributed by atoms with van der Waals surface area (Å²) in [6.45, 7) is 14.3. The zero-order valence-electron chi connectivity index (χ0n) is 29.7. The second kappa shape index (κ2) is 9.86. The third-order valence-electron chi connectivity index (χ3n) is 12.4. The van der Waals surface area contributed by atoms with Crippen LogP contribution in [0, 0.1) is 0 Å². The number of rotatable bonds is 3. The fourth-order valence-corrected chi connectivity index (χ4v) is 9.85. The number of hydrogen-bond donors (Lipinski definition) is 0. The van der Waals surface area contributed by atoms with E-state index in [9.17, 15) is 0 Å². The third kappa shape index (κ3) is 3.78. The Morgan fingerprint density at radius 1 is 0.340 bits per heavy atom. The standard InChI is InChI=1S/C49H41N/c1-47(2)41-16-10-7-13-34(41)37-25-22-32(28-44(37)47)50(33-23-26-38-35-14-8-11-17-42(35)48(3,4)45(38)29-33)31-21-19-30-20-24-39-36-15-9-12-18-43(36)49(5,6)46(39)40(30)27-31/h7-29H,1-6H3. The van der Waals surface area contributed by atoms with Crippen LogP contribution in [0.2, 0.25) is 0 Å². The second-order valence-corrected chi connectivity index (χ2v) is 16.2. The highest BCUT2D eigenvalue weighted by molar-refractivity contribution is 6.00. The number of anilines is 3. The average Bonchev–Trinajstić information content (AvgIpc) is 3.61. The van der Waals surface area contributed by atoms with Crippen molar-refractivity contribution >= 4 is 27.8 Å². The molecule has 1 heteroatoms. The van der Waals surface area contributed by atoms with Crippen LogP contribution in [0.4, 0.5) is 17.1 Å². The fraction of sp³-hybridized carbons (Fsp3) is 0.184. The highest BCUT2D eigenvalue weighted by atomic mass is 15.1. The first kappa shape index (κ1) is 29.5. The van der Waals surface area contributed by atoms with E-state index in [-0.39, 0.29) is 16.2 Å². The molecule has 0 atom stereocenters. The van der Waals surface area contributed by atoms with Gasteiger partial charge in [-0.2, -0.15) is 0 Å². The minimum absolute atomic E-state index is 0.0881. The van der Waals surface area contributed by atoms with Gasteiger partial charge in [0.25, 0.3) is 0 Å². The summed E-state index contributed by atoms with van der Waals surface area (Å²) in [7, 11) is 0. The second-order valence-electron chi connectivity index (χ2n) is 16.2. The Hall–Kier alpha value is -5.40. The summed E-state index contributed by atoms with van der Waals surface area (Å²) in [6.07, 6.45) is 0. The van der Waals surface area contributed by atoms with E-state index < -0.39 is 0 Å². The first-order valence-electron chi connectivity index (χ1n) is 18.0. The van der Waals surface area contributed by atoms with Crippen molar-refractivity contribution in [3.8, 4) is 33.4 Å². The van der Waals surface area contributed by atoms with Gasteiger partial charge in [-0.05, 0) is 114 Å². The van der Waals surface area contributed by atoms with Gasteiger partial charge < -0.3 is 4.90 Å². The molecule has 0 amide bonds. The van der Waals surface area contributed by atoms with Crippen molar-refractivity contribution in [3.63, 3.8) is 0 Å². The molecule has 7 aromatic rings. The van der Waals surface area contributed by atoms with Crippen LogP contribution in [0.3, 0.4) is 0 Å².